The number of aliphatic hydroxyl groups is 1. The standard InChI is InChI=1S/C26H23ClN2O6S/c1-5-35-25(33)23-14(3)28-26(36-23)29-20(15-6-9-17(27)10-7-15)19(22(31)24(29)32)21(30)16-8-11-18(34-4)13(2)12-16/h6-12,20,30H,5H2,1-4H3/t20-/m0/s1. The normalized spacial score (nSPS) is 16.9. The van der Waals surface area contributed by atoms with Crippen LogP contribution >= 0.6 is 22.9 Å². The zero-order chi connectivity index (χ0) is 26.1. The summed E-state index contributed by atoms with van der Waals surface area (Å²) in [5.74, 6) is -2.02. The first kappa shape index (κ1) is 25.4. The average Bonchev–Trinajstić information content (AvgIpc) is 3.36. The minimum atomic E-state index is -0.995. The SMILES string of the molecule is CCOC(=O)c1sc(N2C(=O)C(=O)C(=C(O)c3ccc(OC)c(C)c3)[C@@H]2c2ccc(Cl)cc2)nc1C. The molecule has 36 heavy (non-hydrogen) atoms. The van der Waals surface area contributed by atoms with Gasteiger partial charge in [-0.3, -0.25) is 14.5 Å². The summed E-state index contributed by atoms with van der Waals surface area (Å²) in [4.78, 5) is 44.8. The van der Waals surface area contributed by atoms with Crippen molar-refractivity contribution in [1.29, 1.82) is 0 Å². The van der Waals surface area contributed by atoms with E-state index >= 15 is 0 Å². The molecule has 1 atom stereocenters. The molecule has 0 bridgehead atoms. The minimum Gasteiger partial charge on any atom is -0.507 e. The monoisotopic (exact) mass is 526 g/mol. The van der Waals surface area contributed by atoms with E-state index in [4.69, 9.17) is 21.1 Å². The van der Waals surface area contributed by atoms with Gasteiger partial charge in [0, 0.05) is 10.6 Å². The molecule has 1 aliphatic rings. The molecule has 186 valence electrons. The highest BCUT2D eigenvalue weighted by Gasteiger charge is 2.48. The molecule has 1 aliphatic heterocycles. The van der Waals surface area contributed by atoms with Crippen molar-refractivity contribution in [3.63, 3.8) is 0 Å². The van der Waals surface area contributed by atoms with Gasteiger partial charge >= 0.3 is 11.9 Å². The highest BCUT2D eigenvalue weighted by atomic mass is 35.5. The van der Waals surface area contributed by atoms with E-state index in [2.05, 4.69) is 4.98 Å². The molecule has 1 N–H and O–H groups in total. The van der Waals surface area contributed by atoms with Gasteiger partial charge in [-0.25, -0.2) is 9.78 Å². The number of amides is 1. The number of hydrogen-bond donors (Lipinski definition) is 1. The second-order valence-electron chi connectivity index (χ2n) is 8.04. The molecule has 1 amide bonds. The highest BCUT2D eigenvalue weighted by Crippen LogP contribution is 2.44. The summed E-state index contributed by atoms with van der Waals surface area (Å²) in [6.45, 7) is 5.30. The number of anilines is 1. The molecule has 8 nitrogen and oxygen atoms in total. The van der Waals surface area contributed by atoms with Crippen LogP contribution in [0.4, 0.5) is 5.13 Å². The lowest BCUT2D eigenvalue weighted by Gasteiger charge is -2.23. The van der Waals surface area contributed by atoms with Gasteiger partial charge in [-0.1, -0.05) is 35.1 Å². The smallest absolute Gasteiger partial charge is 0.350 e. The molecule has 0 radical (unpaired) electrons. The quantitative estimate of drug-likeness (QED) is 0.203. The maximum atomic E-state index is 13.3. The summed E-state index contributed by atoms with van der Waals surface area (Å²) < 4.78 is 10.4. The fourth-order valence-corrected chi connectivity index (χ4v) is 5.16. The van der Waals surface area contributed by atoms with Gasteiger partial charge in [0.1, 0.15) is 16.4 Å². The van der Waals surface area contributed by atoms with Crippen molar-refractivity contribution in [2.75, 3.05) is 18.6 Å². The number of ether oxygens (including phenoxy) is 2. The lowest BCUT2D eigenvalue weighted by atomic mass is 9.95. The number of aromatic nitrogens is 1. The van der Waals surface area contributed by atoms with E-state index in [0.717, 1.165) is 16.9 Å². The fraction of sp³-hybridized carbons (Fsp3) is 0.231. The van der Waals surface area contributed by atoms with Crippen molar-refractivity contribution in [3.05, 3.63) is 80.3 Å². The number of nitrogens with zero attached hydrogens (tertiary/aromatic N) is 2. The third kappa shape index (κ3) is 4.47. The van der Waals surface area contributed by atoms with E-state index in [0.29, 0.717) is 27.6 Å². The van der Waals surface area contributed by atoms with Gasteiger partial charge in [0.15, 0.2) is 5.13 Å². The molecule has 4 rings (SSSR count). The highest BCUT2D eigenvalue weighted by molar-refractivity contribution is 7.17. The number of halogens is 1. The van der Waals surface area contributed by atoms with Crippen LogP contribution in [0.25, 0.3) is 5.76 Å². The van der Waals surface area contributed by atoms with Crippen molar-refractivity contribution in [3.8, 4) is 5.75 Å². The lowest BCUT2D eigenvalue weighted by molar-refractivity contribution is -0.132. The van der Waals surface area contributed by atoms with Crippen LogP contribution in [0.15, 0.2) is 48.0 Å². The molecular weight excluding hydrogens is 504 g/mol. The third-order valence-corrected chi connectivity index (χ3v) is 7.14. The number of ketones is 1. The van der Waals surface area contributed by atoms with E-state index in [1.807, 2.05) is 0 Å². The predicted octanol–water partition coefficient (Wildman–Crippen LogP) is 5.22. The summed E-state index contributed by atoms with van der Waals surface area (Å²) >= 11 is 7.03. The number of rotatable bonds is 6. The van der Waals surface area contributed by atoms with Crippen molar-refractivity contribution in [2.45, 2.75) is 26.8 Å². The van der Waals surface area contributed by atoms with Crippen LogP contribution < -0.4 is 9.64 Å². The molecule has 1 aromatic heterocycles. The van der Waals surface area contributed by atoms with Crippen LogP contribution in [-0.4, -0.2) is 41.5 Å². The number of esters is 1. The molecule has 0 unspecified atom stereocenters. The van der Waals surface area contributed by atoms with Gasteiger partial charge in [-0.15, -0.1) is 0 Å². The number of Topliss-reactive ketones (excluding diaryl/α,β-unsaturated/α-hetero) is 1. The number of aryl methyl sites for hydroxylation is 2. The van der Waals surface area contributed by atoms with Gasteiger partial charge < -0.3 is 14.6 Å². The number of hydrogen-bond acceptors (Lipinski definition) is 8. The van der Waals surface area contributed by atoms with Gasteiger partial charge in [0.2, 0.25) is 0 Å². The van der Waals surface area contributed by atoms with Gasteiger partial charge in [0.05, 0.1) is 31.0 Å². The van der Waals surface area contributed by atoms with Crippen LogP contribution in [-0.2, 0) is 14.3 Å². The van der Waals surface area contributed by atoms with E-state index in [9.17, 15) is 19.5 Å². The number of carbonyl (C=O) groups excluding carboxylic acids is 3. The van der Waals surface area contributed by atoms with E-state index in [-0.39, 0.29) is 27.9 Å². The average molecular weight is 527 g/mol. The summed E-state index contributed by atoms with van der Waals surface area (Å²) in [6, 6.07) is 10.6. The zero-order valence-electron chi connectivity index (χ0n) is 20.0. The maximum Gasteiger partial charge on any atom is 0.350 e. The van der Waals surface area contributed by atoms with Crippen LogP contribution in [0.3, 0.4) is 0 Å². The van der Waals surface area contributed by atoms with Gasteiger partial charge in [0.25, 0.3) is 5.78 Å². The second kappa shape index (κ2) is 10.1. The second-order valence-corrected chi connectivity index (χ2v) is 9.45. The Bertz CT molecular complexity index is 1400. The van der Waals surface area contributed by atoms with Gasteiger partial charge in [-0.05, 0) is 62.2 Å². The minimum absolute atomic E-state index is 0.0996. The van der Waals surface area contributed by atoms with Crippen LogP contribution in [0.5, 0.6) is 5.75 Å². The first-order valence-electron chi connectivity index (χ1n) is 11.0. The molecule has 0 saturated carbocycles. The molecular formula is C26H23ClN2O6S. The van der Waals surface area contributed by atoms with Crippen molar-refractivity contribution >= 4 is 51.5 Å². The molecule has 3 aromatic rings. The van der Waals surface area contributed by atoms with Crippen LogP contribution in [0.2, 0.25) is 5.02 Å². The third-order valence-electron chi connectivity index (χ3n) is 5.75. The van der Waals surface area contributed by atoms with Crippen molar-refractivity contribution in [2.24, 2.45) is 0 Å². The Morgan fingerprint density at radius 1 is 1.17 bits per heavy atom. The topological polar surface area (TPSA) is 106 Å². The van der Waals surface area contributed by atoms with E-state index in [1.54, 1.807) is 63.2 Å². The molecule has 0 spiro atoms. The Kier molecular flexibility index (Phi) is 7.14. The Morgan fingerprint density at radius 3 is 2.47 bits per heavy atom. The van der Waals surface area contributed by atoms with E-state index < -0.39 is 23.7 Å². The first-order chi connectivity index (χ1) is 17.2. The Labute approximate surface area is 216 Å². The fourth-order valence-electron chi connectivity index (χ4n) is 4.04. The van der Waals surface area contributed by atoms with Crippen LogP contribution in [0, 0.1) is 13.8 Å². The Morgan fingerprint density at radius 2 is 1.86 bits per heavy atom. The molecule has 2 aromatic carbocycles. The lowest BCUT2D eigenvalue weighted by Crippen LogP contribution is -2.29. The molecule has 1 fully saturated rings. The number of thiazole rings is 1. The Hall–Kier alpha value is -3.69. The zero-order valence-corrected chi connectivity index (χ0v) is 21.6. The van der Waals surface area contributed by atoms with Gasteiger partial charge in [-0.2, -0.15) is 0 Å². The van der Waals surface area contributed by atoms with Crippen molar-refractivity contribution in [1.82, 2.24) is 4.98 Å². The predicted molar refractivity (Wildman–Crippen MR) is 137 cm³/mol. The molecule has 0 aliphatic carbocycles. The summed E-state index contributed by atoms with van der Waals surface area (Å²) in [6.07, 6.45) is 0. The Balaban J connectivity index is 1.91. The van der Waals surface area contributed by atoms with Crippen LogP contribution in [0.1, 0.15) is 45.0 Å². The number of aliphatic hydroxyl groups excluding tert-OH is 1. The molecule has 10 heteroatoms. The maximum absolute atomic E-state index is 13.3. The number of methoxy groups -OCH3 is 1. The summed E-state index contributed by atoms with van der Waals surface area (Å²) in [7, 11) is 1.54. The molecule has 2 heterocycles. The van der Waals surface area contributed by atoms with E-state index in [1.165, 1.54) is 12.0 Å². The largest absolute Gasteiger partial charge is 0.507 e. The number of benzene rings is 2. The number of carbonyl (C=O) groups is 3. The summed E-state index contributed by atoms with van der Waals surface area (Å²) in [5.41, 5.74) is 1.91. The molecule has 1 saturated heterocycles. The first-order valence-corrected chi connectivity index (χ1v) is 12.2. The summed E-state index contributed by atoms with van der Waals surface area (Å²) in [5, 5.41) is 11.9. The van der Waals surface area contributed by atoms with Crippen molar-refractivity contribution < 1.29 is 29.0 Å².